The van der Waals surface area contributed by atoms with E-state index in [1.54, 1.807) is 0 Å². The molecule has 0 heterocycles. The van der Waals surface area contributed by atoms with Crippen molar-refractivity contribution in [1.82, 2.24) is 0 Å². The molecule has 0 N–H and O–H groups in total. The van der Waals surface area contributed by atoms with Crippen LogP contribution in [0.5, 0.6) is 0 Å². The number of rotatable bonds is 7. The standard InChI is InChI=1S/C17H34O4/c1-8-17(7,20-18-15(2,3)4)21-19-16(5,6)14-12-10-9-11-13-14/h14H,8-13H2,1-7H3. The largest absolute Gasteiger partial charge is 0.231 e. The van der Waals surface area contributed by atoms with Crippen LogP contribution >= 0.6 is 0 Å². The van der Waals surface area contributed by atoms with Crippen LogP contribution in [0, 0.1) is 5.92 Å². The van der Waals surface area contributed by atoms with Crippen molar-refractivity contribution in [3.63, 3.8) is 0 Å². The van der Waals surface area contributed by atoms with Crippen LogP contribution in [0.15, 0.2) is 0 Å². The van der Waals surface area contributed by atoms with Crippen LogP contribution < -0.4 is 0 Å². The Morgan fingerprint density at radius 3 is 1.76 bits per heavy atom. The lowest BCUT2D eigenvalue weighted by Crippen LogP contribution is -2.42. The highest BCUT2D eigenvalue weighted by Gasteiger charge is 2.37. The maximum Gasteiger partial charge on any atom is 0.231 e. The van der Waals surface area contributed by atoms with Gasteiger partial charge in [-0.25, -0.2) is 9.78 Å². The van der Waals surface area contributed by atoms with Gasteiger partial charge in [0.1, 0.15) is 5.60 Å². The van der Waals surface area contributed by atoms with Gasteiger partial charge in [-0.05, 0) is 60.3 Å². The van der Waals surface area contributed by atoms with Gasteiger partial charge in [0.05, 0.1) is 5.60 Å². The zero-order valence-corrected chi connectivity index (χ0v) is 15.0. The Bertz CT molecular complexity index is 302. The SMILES string of the molecule is CCC(C)(OOC(C)(C)C)OOC(C)(C)C1CCCCC1. The van der Waals surface area contributed by atoms with E-state index >= 15 is 0 Å². The molecule has 4 heteroatoms. The van der Waals surface area contributed by atoms with E-state index in [1.165, 1.54) is 32.1 Å². The van der Waals surface area contributed by atoms with Crippen LogP contribution in [0.3, 0.4) is 0 Å². The third kappa shape index (κ3) is 6.64. The summed E-state index contributed by atoms with van der Waals surface area (Å²) >= 11 is 0. The Hall–Kier alpha value is -0.160. The van der Waals surface area contributed by atoms with Gasteiger partial charge in [0, 0.05) is 6.42 Å². The molecule has 0 spiro atoms. The highest BCUT2D eigenvalue weighted by atomic mass is 17.3. The first-order valence-electron chi connectivity index (χ1n) is 8.32. The van der Waals surface area contributed by atoms with Crippen molar-refractivity contribution in [2.45, 2.75) is 104 Å². The fourth-order valence-corrected chi connectivity index (χ4v) is 2.41. The Morgan fingerprint density at radius 1 is 0.762 bits per heavy atom. The van der Waals surface area contributed by atoms with Crippen LogP contribution in [0.25, 0.3) is 0 Å². The molecule has 21 heavy (non-hydrogen) atoms. The van der Waals surface area contributed by atoms with Crippen molar-refractivity contribution in [2.75, 3.05) is 0 Å². The van der Waals surface area contributed by atoms with Crippen molar-refractivity contribution in [2.24, 2.45) is 5.92 Å². The van der Waals surface area contributed by atoms with E-state index in [0.29, 0.717) is 12.3 Å². The minimum atomic E-state index is -0.890. The van der Waals surface area contributed by atoms with Crippen LogP contribution in [0.4, 0.5) is 0 Å². The Labute approximate surface area is 130 Å². The van der Waals surface area contributed by atoms with Gasteiger partial charge in [-0.2, -0.15) is 9.78 Å². The summed E-state index contributed by atoms with van der Waals surface area (Å²) in [5.41, 5.74) is -0.680. The molecule has 1 atom stereocenters. The first kappa shape index (κ1) is 18.9. The molecule has 0 saturated heterocycles. The van der Waals surface area contributed by atoms with Crippen molar-refractivity contribution in [1.29, 1.82) is 0 Å². The van der Waals surface area contributed by atoms with E-state index in [0.717, 1.165) is 0 Å². The van der Waals surface area contributed by atoms with Crippen molar-refractivity contribution in [3.8, 4) is 0 Å². The van der Waals surface area contributed by atoms with E-state index < -0.39 is 5.79 Å². The molecular formula is C17H34O4. The predicted octanol–water partition coefficient (Wildman–Crippen LogP) is 5.17. The topological polar surface area (TPSA) is 36.9 Å². The average molecular weight is 302 g/mol. The van der Waals surface area contributed by atoms with Crippen molar-refractivity contribution < 1.29 is 19.6 Å². The first-order valence-corrected chi connectivity index (χ1v) is 8.32. The molecule has 126 valence electrons. The normalized spacial score (nSPS) is 21.3. The van der Waals surface area contributed by atoms with Gasteiger partial charge < -0.3 is 0 Å². The predicted molar refractivity (Wildman–Crippen MR) is 83.4 cm³/mol. The summed E-state index contributed by atoms with van der Waals surface area (Å²) in [6.07, 6.45) is 6.96. The summed E-state index contributed by atoms with van der Waals surface area (Å²) in [5, 5.41) is 0. The van der Waals surface area contributed by atoms with E-state index in [1.807, 2.05) is 34.6 Å². The van der Waals surface area contributed by atoms with Gasteiger partial charge in [0.2, 0.25) is 5.79 Å². The van der Waals surface area contributed by atoms with Gasteiger partial charge >= 0.3 is 0 Å². The molecule has 0 amide bonds. The van der Waals surface area contributed by atoms with Gasteiger partial charge in [0.25, 0.3) is 0 Å². The quantitative estimate of drug-likeness (QED) is 0.369. The molecule has 0 aromatic rings. The highest BCUT2D eigenvalue weighted by Crippen LogP contribution is 2.36. The molecule has 1 aliphatic carbocycles. The van der Waals surface area contributed by atoms with Crippen LogP contribution in [-0.4, -0.2) is 17.0 Å². The highest BCUT2D eigenvalue weighted by molar-refractivity contribution is 4.81. The molecule has 1 saturated carbocycles. The van der Waals surface area contributed by atoms with Crippen molar-refractivity contribution >= 4 is 0 Å². The Kier molecular flexibility index (Phi) is 6.66. The fourth-order valence-electron chi connectivity index (χ4n) is 2.41. The molecule has 0 aromatic carbocycles. The Balaban J connectivity index is 2.52. The summed E-state index contributed by atoms with van der Waals surface area (Å²) in [5.74, 6) is -0.352. The molecule has 1 aliphatic rings. The van der Waals surface area contributed by atoms with E-state index in [4.69, 9.17) is 19.6 Å². The summed E-state index contributed by atoms with van der Waals surface area (Å²) < 4.78 is 0. The van der Waals surface area contributed by atoms with Crippen molar-refractivity contribution in [3.05, 3.63) is 0 Å². The molecule has 0 radical (unpaired) electrons. The molecule has 1 rings (SSSR count). The molecule has 0 bridgehead atoms. The maximum absolute atomic E-state index is 5.79. The molecule has 4 nitrogen and oxygen atoms in total. The maximum atomic E-state index is 5.79. The molecule has 1 unspecified atom stereocenters. The zero-order valence-electron chi connectivity index (χ0n) is 15.0. The van der Waals surface area contributed by atoms with Gasteiger partial charge in [-0.3, -0.25) is 0 Å². The smallest absolute Gasteiger partial charge is 0.228 e. The van der Waals surface area contributed by atoms with Gasteiger partial charge in [0.15, 0.2) is 0 Å². The van der Waals surface area contributed by atoms with Gasteiger partial charge in [-0.1, -0.05) is 26.2 Å². The Morgan fingerprint density at radius 2 is 1.29 bits per heavy atom. The minimum Gasteiger partial charge on any atom is -0.228 e. The van der Waals surface area contributed by atoms with E-state index in [2.05, 4.69) is 13.8 Å². The van der Waals surface area contributed by atoms with Gasteiger partial charge in [-0.15, -0.1) is 0 Å². The summed E-state index contributed by atoms with van der Waals surface area (Å²) in [7, 11) is 0. The lowest BCUT2D eigenvalue weighted by molar-refractivity contribution is -0.540. The average Bonchev–Trinajstić information content (AvgIpc) is 2.43. The summed E-state index contributed by atoms with van der Waals surface area (Å²) in [6, 6.07) is 0. The molecular weight excluding hydrogens is 268 g/mol. The molecule has 1 fully saturated rings. The lowest BCUT2D eigenvalue weighted by Gasteiger charge is -2.38. The monoisotopic (exact) mass is 302 g/mol. The van der Waals surface area contributed by atoms with E-state index in [-0.39, 0.29) is 11.2 Å². The zero-order chi connectivity index (χ0) is 16.1. The van der Waals surface area contributed by atoms with E-state index in [9.17, 15) is 0 Å². The lowest BCUT2D eigenvalue weighted by atomic mass is 9.79. The number of hydrogen-bond donors (Lipinski definition) is 0. The van der Waals surface area contributed by atoms with Crippen LogP contribution in [0.2, 0.25) is 0 Å². The van der Waals surface area contributed by atoms with Crippen LogP contribution in [0.1, 0.15) is 87.0 Å². The molecule has 0 aromatic heterocycles. The number of hydrogen-bond acceptors (Lipinski definition) is 4. The summed E-state index contributed by atoms with van der Waals surface area (Å²) in [4.78, 5) is 22.3. The second-order valence-electron chi connectivity index (χ2n) is 7.87. The molecule has 0 aliphatic heterocycles. The second-order valence-corrected chi connectivity index (χ2v) is 7.87. The third-order valence-corrected chi connectivity index (χ3v) is 4.13. The minimum absolute atomic E-state index is 0.304. The fraction of sp³-hybridized carbons (Fsp3) is 1.00. The van der Waals surface area contributed by atoms with Crippen LogP contribution in [-0.2, 0) is 19.6 Å². The third-order valence-electron chi connectivity index (χ3n) is 4.13. The second kappa shape index (κ2) is 7.40. The first-order chi connectivity index (χ1) is 9.58. The summed E-state index contributed by atoms with van der Waals surface area (Å²) in [6.45, 7) is 13.9.